The Morgan fingerprint density at radius 2 is 0.600 bits per heavy atom. The van der Waals surface area contributed by atoms with Crippen LogP contribution in [0.1, 0.15) is 47.2 Å². The number of nitrogens with zero attached hydrogens (tertiary/aromatic N) is 3. The largest absolute Gasteiger partial charge is 0.208 e. The summed E-state index contributed by atoms with van der Waals surface area (Å²) in [5.41, 5.74) is 21.6. The molecule has 0 N–H and O–H groups in total. The highest BCUT2D eigenvalue weighted by molar-refractivity contribution is 5.97. The molecule has 2 aliphatic rings. The number of hydrogen-bond donors (Lipinski definition) is 0. The van der Waals surface area contributed by atoms with E-state index in [4.69, 9.17) is 15.0 Å². The fourth-order valence-electron chi connectivity index (χ4n) is 11.5. The van der Waals surface area contributed by atoms with Crippen LogP contribution in [0.5, 0.6) is 0 Å². The van der Waals surface area contributed by atoms with Gasteiger partial charge in [0.1, 0.15) is 0 Å². The fourth-order valence-corrected chi connectivity index (χ4v) is 11.5. The van der Waals surface area contributed by atoms with Crippen LogP contribution in [0, 0.1) is 0 Å². The Labute approximate surface area is 409 Å². The summed E-state index contributed by atoms with van der Waals surface area (Å²) in [4.78, 5) is 16.0. The molecule has 10 aromatic carbocycles. The molecule has 330 valence electrons. The van der Waals surface area contributed by atoms with Crippen molar-refractivity contribution in [3.05, 3.63) is 282 Å². The Morgan fingerprint density at radius 3 is 1.16 bits per heavy atom. The van der Waals surface area contributed by atoms with Crippen molar-refractivity contribution >= 4 is 0 Å². The number of aromatic nitrogens is 3. The second-order valence-corrected chi connectivity index (χ2v) is 19.1. The number of rotatable bonds is 7. The molecule has 0 aliphatic heterocycles. The summed E-state index contributed by atoms with van der Waals surface area (Å²) in [6, 6.07) is 90.0. The van der Waals surface area contributed by atoms with E-state index in [1.165, 1.54) is 66.8 Å². The van der Waals surface area contributed by atoms with E-state index in [1.807, 2.05) is 24.3 Å². The minimum absolute atomic E-state index is 0.217. The smallest absolute Gasteiger partial charge is 0.164 e. The Kier molecular flexibility index (Phi) is 9.74. The van der Waals surface area contributed by atoms with Crippen molar-refractivity contribution in [2.45, 2.75) is 24.7 Å². The molecule has 0 bridgehead atoms. The SMILES string of the molecule is CC1(C)c2ccccc2C2(c3ccc(-c4ccc(-c5cccc(-c6ccccc6)c5)cc4)cc3-c3c(-c4nc(-c5ccccc5)nc(-c5ccc(-c6ccccc6)cc5)n4)cccc32)c2ccccc21. The van der Waals surface area contributed by atoms with Gasteiger partial charge in [-0.1, -0.05) is 250 Å². The fraction of sp³-hybridized carbons (Fsp3) is 0.0597. The first-order valence-corrected chi connectivity index (χ1v) is 24.2. The van der Waals surface area contributed by atoms with Crippen LogP contribution in [0.3, 0.4) is 0 Å². The van der Waals surface area contributed by atoms with Crippen LogP contribution in [-0.4, -0.2) is 15.0 Å². The minimum atomic E-state index is -0.596. The summed E-state index contributed by atoms with van der Waals surface area (Å²) < 4.78 is 0. The highest BCUT2D eigenvalue weighted by Gasteiger charge is 2.54. The van der Waals surface area contributed by atoms with E-state index >= 15 is 0 Å². The van der Waals surface area contributed by atoms with E-state index in [-0.39, 0.29) is 5.41 Å². The van der Waals surface area contributed by atoms with Crippen molar-refractivity contribution in [1.29, 1.82) is 0 Å². The number of hydrogen-bond acceptors (Lipinski definition) is 3. The van der Waals surface area contributed by atoms with E-state index in [0.717, 1.165) is 38.9 Å². The van der Waals surface area contributed by atoms with Crippen molar-refractivity contribution in [2.75, 3.05) is 0 Å². The third-order valence-corrected chi connectivity index (χ3v) is 14.8. The molecule has 3 nitrogen and oxygen atoms in total. The molecule has 1 spiro atoms. The van der Waals surface area contributed by atoms with Crippen LogP contribution >= 0.6 is 0 Å². The molecular weight excluding hydrogens is 847 g/mol. The first-order chi connectivity index (χ1) is 34.4. The standard InChI is InChI=1S/C67H47N3/c1-66(2)57-27-12-14-29-59(57)67(60-30-15-13-28-58(60)66)56-41-40-53(48-34-32-47(33-35-48)52-25-16-24-51(42-52)45-20-8-4-9-21-45)43-55(56)62-54(26-17-31-61(62)67)65-69-63(49-22-10-5-11-23-49)68-64(70-65)50-38-36-46(37-39-50)44-18-6-3-7-19-44/h3-43H,1-2H3. The van der Waals surface area contributed by atoms with Crippen molar-refractivity contribution in [1.82, 2.24) is 15.0 Å². The second kappa shape index (κ2) is 16.5. The lowest BCUT2D eigenvalue weighted by Crippen LogP contribution is -2.40. The van der Waals surface area contributed by atoms with Gasteiger partial charge >= 0.3 is 0 Å². The van der Waals surface area contributed by atoms with Gasteiger partial charge < -0.3 is 0 Å². The molecule has 13 rings (SSSR count). The lowest BCUT2D eigenvalue weighted by Gasteiger charge is -2.46. The van der Waals surface area contributed by atoms with Crippen molar-refractivity contribution in [3.8, 4) is 89.8 Å². The maximum absolute atomic E-state index is 5.42. The second-order valence-electron chi connectivity index (χ2n) is 19.1. The zero-order chi connectivity index (χ0) is 46.8. The predicted molar refractivity (Wildman–Crippen MR) is 287 cm³/mol. The molecule has 0 atom stereocenters. The summed E-state index contributed by atoms with van der Waals surface area (Å²) in [5, 5.41) is 0. The quantitative estimate of drug-likeness (QED) is 0.160. The summed E-state index contributed by atoms with van der Waals surface area (Å²) in [7, 11) is 0. The molecule has 70 heavy (non-hydrogen) atoms. The topological polar surface area (TPSA) is 38.7 Å². The van der Waals surface area contributed by atoms with Gasteiger partial charge in [-0.25, -0.2) is 15.0 Å². The van der Waals surface area contributed by atoms with Gasteiger partial charge in [0.15, 0.2) is 17.5 Å². The zero-order valence-corrected chi connectivity index (χ0v) is 39.0. The highest BCUT2D eigenvalue weighted by atomic mass is 15.0. The first-order valence-electron chi connectivity index (χ1n) is 24.2. The van der Waals surface area contributed by atoms with Crippen molar-refractivity contribution in [2.24, 2.45) is 0 Å². The number of fused-ring (bicyclic) bond motifs is 9. The van der Waals surface area contributed by atoms with Gasteiger partial charge in [-0.15, -0.1) is 0 Å². The van der Waals surface area contributed by atoms with Crippen molar-refractivity contribution in [3.63, 3.8) is 0 Å². The molecule has 0 unspecified atom stereocenters. The third-order valence-electron chi connectivity index (χ3n) is 14.8. The van der Waals surface area contributed by atoms with Gasteiger partial charge in [0, 0.05) is 22.1 Å². The van der Waals surface area contributed by atoms with E-state index in [2.05, 4.69) is 238 Å². The maximum atomic E-state index is 5.42. The summed E-state index contributed by atoms with van der Waals surface area (Å²) in [6.07, 6.45) is 0. The van der Waals surface area contributed by atoms with E-state index in [1.54, 1.807) is 0 Å². The molecule has 0 fully saturated rings. The Morgan fingerprint density at radius 1 is 0.243 bits per heavy atom. The van der Waals surface area contributed by atoms with Crippen LogP contribution in [0.4, 0.5) is 0 Å². The Bertz CT molecular complexity index is 3710. The van der Waals surface area contributed by atoms with Gasteiger partial charge in [-0.2, -0.15) is 0 Å². The molecule has 2 aliphatic carbocycles. The molecule has 0 amide bonds. The lowest BCUT2D eigenvalue weighted by molar-refractivity contribution is 0.563. The lowest BCUT2D eigenvalue weighted by atomic mass is 9.55. The van der Waals surface area contributed by atoms with Crippen LogP contribution in [-0.2, 0) is 10.8 Å². The minimum Gasteiger partial charge on any atom is -0.208 e. The molecular formula is C67H47N3. The molecule has 0 saturated heterocycles. The molecule has 11 aromatic rings. The summed E-state index contributed by atoms with van der Waals surface area (Å²) in [6.45, 7) is 4.75. The molecule has 0 saturated carbocycles. The van der Waals surface area contributed by atoms with Gasteiger partial charge in [0.05, 0.1) is 5.41 Å². The van der Waals surface area contributed by atoms with E-state index in [0.29, 0.717) is 17.5 Å². The normalized spacial score (nSPS) is 13.5. The Balaban J connectivity index is 1.02. The third kappa shape index (κ3) is 6.61. The van der Waals surface area contributed by atoms with Crippen LogP contribution in [0.15, 0.2) is 249 Å². The van der Waals surface area contributed by atoms with Gasteiger partial charge in [0.25, 0.3) is 0 Å². The first kappa shape index (κ1) is 41.4. The number of benzene rings is 10. The summed E-state index contributed by atoms with van der Waals surface area (Å²) in [5.74, 6) is 1.91. The van der Waals surface area contributed by atoms with Crippen LogP contribution < -0.4 is 0 Å². The molecule has 3 heteroatoms. The summed E-state index contributed by atoms with van der Waals surface area (Å²) >= 11 is 0. The molecule has 0 radical (unpaired) electrons. The average Bonchev–Trinajstić information content (AvgIpc) is 3.74. The molecule has 1 heterocycles. The zero-order valence-electron chi connectivity index (χ0n) is 39.0. The maximum Gasteiger partial charge on any atom is 0.164 e. The highest BCUT2D eigenvalue weighted by Crippen LogP contribution is 2.63. The van der Waals surface area contributed by atoms with E-state index < -0.39 is 5.41 Å². The van der Waals surface area contributed by atoms with Crippen LogP contribution in [0.25, 0.3) is 89.8 Å². The predicted octanol–water partition coefficient (Wildman–Crippen LogP) is 16.5. The average molecular weight is 894 g/mol. The van der Waals surface area contributed by atoms with Crippen molar-refractivity contribution < 1.29 is 0 Å². The van der Waals surface area contributed by atoms with Gasteiger partial charge in [-0.3, -0.25) is 0 Å². The molecule has 1 aromatic heterocycles. The monoisotopic (exact) mass is 893 g/mol. The van der Waals surface area contributed by atoms with E-state index in [9.17, 15) is 0 Å². The van der Waals surface area contributed by atoms with Gasteiger partial charge in [-0.05, 0) is 101 Å². The van der Waals surface area contributed by atoms with Crippen LogP contribution in [0.2, 0.25) is 0 Å². The Hall–Kier alpha value is -8.79. The van der Waals surface area contributed by atoms with Gasteiger partial charge in [0.2, 0.25) is 0 Å².